The van der Waals surface area contributed by atoms with E-state index in [9.17, 15) is 18.5 Å². The molecule has 1 aliphatic heterocycles. The minimum absolute atomic E-state index is 0.00540. The molecule has 1 fully saturated rings. The number of furan rings is 1. The Morgan fingerprint density at radius 1 is 0.970 bits per heavy atom. The van der Waals surface area contributed by atoms with Crippen molar-refractivity contribution in [3.05, 3.63) is 72.3 Å². The highest BCUT2D eigenvalue weighted by Gasteiger charge is 2.34. The summed E-state index contributed by atoms with van der Waals surface area (Å²) in [7, 11) is -3.80. The molecular formula is C25H20N2O5S. The quantitative estimate of drug-likeness (QED) is 0.329. The van der Waals surface area contributed by atoms with Crippen molar-refractivity contribution in [1.82, 2.24) is 4.31 Å². The summed E-state index contributed by atoms with van der Waals surface area (Å²) in [5.41, 5.74) is 1.59. The SMILES string of the molecule is N#Cc1ccccc1S(=O)(=O)N1CCC(C(=O)Oc2ccc3oc4ccccc4c3c2)CC1. The molecule has 166 valence electrons. The summed E-state index contributed by atoms with van der Waals surface area (Å²) in [6.45, 7) is 0.376. The van der Waals surface area contributed by atoms with Crippen LogP contribution in [-0.4, -0.2) is 31.8 Å². The van der Waals surface area contributed by atoms with E-state index in [0.29, 0.717) is 24.2 Å². The third-order valence-corrected chi connectivity index (χ3v) is 7.94. The van der Waals surface area contributed by atoms with Crippen LogP contribution in [0.15, 0.2) is 76.0 Å². The number of esters is 1. The van der Waals surface area contributed by atoms with Crippen LogP contribution in [0.5, 0.6) is 5.75 Å². The number of fused-ring (bicyclic) bond motifs is 3. The van der Waals surface area contributed by atoms with Crippen LogP contribution in [0.3, 0.4) is 0 Å². The maximum atomic E-state index is 13.0. The van der Waals surface area contributed by atoms with Gasteiger partial charge in [-0.15, -0.1) is 0 Å². The normalized spacial score (nSPS) is 15.5. The Hall–Kier alpha value is -3.67. The lowest BCUT2D eigenvalue weighted by atomic mass is 9.98. The number of carbonyl (C=O) groups is 1. The summed E-state index contributed by atoms with van der Waals surface area (Å²) in [4.78, 5) is 12.8. The van der Waals surface area contributed by atoms with Gasteiger partial charge >= 0.3 is 5.97 Å². The molecular weight excluding hydrogens is 440 g/mol. The standard InChI is InChI=1S/C25H20N2O5S/c26-16-18-5-1-4-8-24(18)33(29,30)27-13-11-17(12-14-27)25(28)31-19-9-10-23-21(15-19)20-6-2-3-7-22(20)32-23/h1-10,15,17H,11-14H2. The van der Waals surface area contributed by atoms with Gasteiger partial charge < -0.3 is 9.15 Å². The monoisotopic (exact) mass is 460 g/mol. The highest BCUT2D eigenvalue weighted by molar-refractivity contribution is 7.89. The minimum atomic E-state index is -3.80. The lowest BCUT2D eigenvalue weighted by Gasteiger charge is -2.30. The zero-order valence-corrected chi connectivity index (χ0v) is 18.4. The van der Waals surface area contributed by atoms with E-state index in [2.05, 4.69) is 0 Å². The zero-order valence-electron chi connectivity index (χ0n) is 17.6. The molecule has 0 bridgehead atoms. The molecule has 0 radical (unpaired) electrons. The third kappa shape index (κ3) is 3.86. The maximum Gasteiger partial charge on any atom is 0.314 e. The zero-order chi connectivity index (χ0) is 23.0. The van der Waals surface area contributed by atoms with Crippen molar-refractivity contribution < 1.29 is 22.4 Å². The Morgan fingerprint density at radius 2 is 1.67 bits per heavy atom. The lowest BCUT2D eigenvalue weighted by molar-refractivity contribution is -0.140. The van der Waals surface area contributed by atoms with Gasteiger partial charge in [-0.25, -0.2) is 8.42 Å². The molecule has 4 aromatic rings. The fourth-order valence-electron chi connectivity index (χ4n) is 4.22. The van der Waals surface area contributed by atoms with E-state index in [4.69, 9.17) is 9.15 Å². The van der Waals surface area contributed by atoms with Gasteiger partial charge in [0.25, 0.3) is 0 Å². The number of ether oxygens (including phenoxy) is 1. The molecule has 1 aliphatic rings. The van der Waals surface area contributed by atoms with Crippen molar-refractivity contribution in [2.75, 3.05) is 13.1 Å². The van der Waals surface area contributed by atoms with Gasteiger partial charge in [0.15, 0.2) is 0 Å². The van der Waals surface area contributed by atoms with E-state index in [0.717, 1.165) is 16.4 Å². The smallest absolute Gasteiger partial charge is 0.314 e. The lowest BCUT2D eigenvalue weighted by Crippen LogP contribution is -2.41. The van der Waals surface area contributed by atoms with Crippen molar-refractivity contribution in [2.24, 2.45) is 5.92 Å². The number of hydrogen-bond donors (Lipinski definition) is 0. The molecule has 8 heteroatoms. The minimum Gasteiger partial charge on any atom is -0.456 e. The van der Waals surface area contributed by atoms with E-state index in [1.54, 1.807) is 30.3 Å². The largest absolute Gasteiger partial charge is 0.456 e. The Balaban J connectivity index is 1.28. The molecule has 0 saturated carbocycles. The highest BCUT2D eigenvalue weighted by Crippen LogP contribution is 2.32. The number of sulfonamides is 1. The van der Waals surface area contributed by atoms with Crippen LogP contribution in [0.4, 0.5) is 0 Å². The number of carbonyl (C=O) groups excluding carboxylic acids is 1. The summed E-state index contributed by atoms with van der Waals surface area (Å²) in [6, 6.07) is 21.0. The van der Waals surface area contributed by atoms with E-state index < -0.39 is 15.9 Å². The summed E-state index contributed by atoms with van der Waals surface area (Å²) < 4.78 is 38.7. The van der Waals surface area contributed by atoms with Crippen LogP contribution < -0.4 is 4.74 Å². The van der Waals surface area contributed by atoms with Crippen LogP contribution >= 0.6 is 0 Å². The number of piperidine rings is 1. The molecule has 3 aromatic carbocycles. The molecule has 33 heavy (non-hydrogen) atoms. The van der Waals surface area contributed by atoms with Gasteiger partial charge in [-0.1, -0.05) is 30.3 Å². The molecule has 0 aliphatic carbocycles. The number of nitriles is 1. The topological polar surface area (TPSA) is 101 Å². The van der Waals surface area contributed by atoms with Crippen molar-refractivity contribution in [3.63, 3.8) is 0 Å². The first kappa shape index (κ1) is 21.2. The van der Waals surface area contributed by atoms with E-state index >= 15 is 0 Å². The van der Waals surface area contributed by atoms with E-state index in [1.165, 1.54) is 16.4 Å². The van der Waals surface area contributed by atoms with Crippen LogP contribution in [0, 0.1) is 17.2 Å². The van der Waals surface area contributed by atoms with Crippen molar-refractivity contribution in [1.29, 1.82) is 5.26 Å². The molecule has 2 heterocycles. The fourth-order valence-corrected chi connectivity index (χ4v) is 5.83. The van der Waals surface area contributed by atoms with E-state index in [1.807, 2.05) is 30.3 Å². The Kier molecular flexibility index (Phi) is 5.36. The second-order valence-electron chi connectivity index (χ2n) is 7.96. The van der Waals surface area contributed by atoms with Gasteiger partial charge in [-0.05, 0) is 49.2 Å². The number of benzene rings is 3. The molecule has 5 rings (SSSR count). The number of hydrogen-bond acceptors (Lipinski definition) is 6. The first-order valence-corrected chi connectivity index (χ1v) is 12.0. The molecule has 1 aromatic heterocycles. The molecule has 0 amide bonds. The fraction of sp³-hybridized carbons (Fsp3) is 0.200. The second-order valence-corrected chi connectivity index (χ2v) is 9.87. The Labute approximate surface area is 190 Å². The van der Waals surface area contributed by atoms with Crippen LogP contribution in [-0.2, 0) is 14.8 Å². The van der Waals surface area contributed by atoms with Crippen LogP contribution in [0.25, 0.3) is 21.9 Å². The Morgan fingerprint density at radius 3 is 2.45 bits per heavy atom. The van der Waals surface area contributed by atoms with Gasteiger partial charge in [-0.3, -0.25) is 4.79 Å². The number of rotatable bonds is 4. The predicted molar refractivity (Wildman–Crippen MR) is 122 cm³/mol. The van der Waals surface area contributed by atoms with Crippen LogP contribution in [0.2, 0.25) is 0 Å². The summed E-state index contributed by atoms with van der Waals surface area (Å²) in [5, 5.41) is 11.1. The molecule has 0 atom stereocenters. The molecule has 1 saturated heterocycles. The van der Waals surface area contributed by atoms with Gasteiger partial charge in [0, 0.05) is 23.9 Å². The average Bonchev–Trinajstić information content (AvgIpc) is 3.22. The first-order chi connectivity index (χ1) is 16.0. The summed E-state index contributed by atoms with van der Waals surface area (Å²) in [5.74, 6) is -0.354. The number of para-hydroxylation sites is 1. The molecule has 7 nitrogen and oxygen atoms in total. The summed E-state index contributed by atoms with van der Waals surface area (Å²) in [6.07, 6.45) is 0.702. The Bertz CT molecular complexity index is 1510. The molecule has 0 unspecified atom stereocenters. The van der Waals surface area contributed by atoms with E-state index in [-0.39, 0.29) is 29.5 Å². The van der Waals surface area contributed by atoms with Crippen LogP contribution in [0.1, 0.15) is 18.4 Å². The maximum absolute atomic E-state index is 13.0. The first-order valence-electron chi connectivity index (χ1n) is 10.6. The van der Waals surface area contributed by atoms with Crippen molar-refractivity contribution in [2.45, 2.75) is 17.7 Å². The third-order valence-electron chi connectivity index (χ3n) is 5.98. The van der Waals surface area contributed by atoms with Crippen molar-refractivity contribution >= 4 is 37.9 Å². The van der Waals surface area contributed by atoms with Gasteiger partial charge in [0.1, 0.15) is 23.0 Å². The second kappa shape index (κ2) is 8.35. The number of nitrogens with zero attached hydrogens (tertiary/aromatic N) is 2. The van der Waals surface area contributed by atoms with Gasteiger partial charge in [0.2, 0.25) is 10.0 Å². The van der Waals surface area contributed by atoms with Crippen molar-refractivity contribution in [3.8, 4) is 11.8 Å². The molecule has 0 spiro atoms. The molecule has 0 N–H and O–H groups in total. The average molecular weight is 461 g/mol. The van der Waals surface area contributed by atoms with Gasteiger partial charge in [0.05, 0.1) is 16.4 Å². The van der Waals surface area contributed by atoms with Gasteiger partial charge in [-0.2, -0.15) is 9.57 Å². The summed E-state index contributed by atoms with van der Waals surface area (Å²) >= 11 is 0. The highest BCUT2D eigenvalue weighted by atomic mass is 32.2. The predicted octanol–water partition coefficient (Wildman–Crippen LogP) is 4.46.